The molecule has 0 radical (unpaired) electrons. The van der Waals surface area contributed by atoms with E-state index in [0.717, 1.165) is 24.2 Å². The summed E-state index contributed by atoms with van der Waals surface area (Å²) < 4.78 is 5.26. The van der Waals surface area contributed by atoms with Crippen LogP contribution in [0.3, 0.4) is 0 Å². The zero-order valence-corrected chi connectivity index (χ0v) is 9.23. The van der Waals surface area contributed by atoms with E-state index in [2.05, 4.69) is 40.5 Å². The van der Waals surface area contributed by atoms with Crippen LogP contribution in [0.15, 0.2) is 36.7 Å². The summed E-state index contributed by atoms with van der Waals surface area (Å²) in [6, 6.07) is 6.10. The molecule has 0 aliphatic carbocycles. The van der Waals surface area contributed by atoms with Crippen LogP contribution in [0.5, 0.6) is 5.75 Å². The van der Waals surface area contributed by atoms with Crippen LogP contribution in [-0.4, -0.2) is 18.6 Å². The molecule has 16 heavy (non-hydrogen) atoms. The number of nitrogens with one attached hydrogen (secondary N) is 1. The van der Waals surface area contributed by atoms with E-state index in [9.17, 15) is 0 Å². The molecule has 1 aromatic carbocycles. The Morgan fingerprint density at radius 1 is 1.38 bits per heavy atom. The molecule has 0 atom stereocenters. The fourth-order valence-corrected chi connectivity index (χ4v) is 2.14. The SMILES string of the molecule is COc1ccc2[nH]cc(N3C=CCC3)c2c1. The van der Waals surface area contributed by atoms with Gasteiger partial charge in [0.05, 0.1) is 12.8 Å². The van der Waals surface area contributed by atoms with Gasteiger partial charge in [-0.2, -0.15) is 0 Å². The van der Waals surface area contributed by atoms with Gasteiger partial charge in [0.25, 0.3) is 0 Å². The minimum Gasteiger partial charge on any atom is -0.497 e. The summed E-state index contributed by atoms with van der Waals surface area (Å²) in [5.41, 5.74) is 2.37. The lowest BCUT2D eigenvalue weighted by Gasteiger charge is -2.14. The van der Waals surface area contributed by atoms with E-state index in [4.69, 9.17) is 4.74 Å². The Kier molecular flexibility index (Phi) is 2.10. The predicted molar refractivity (Wildman–Crippen MR) is 66.0 cm³/mol. The minimum atomic E-state index is 0.900. The lowest BCUT2D eigenvalue weighted by atomic mass is 10.2. The van der Waals surface area contributed by atoms with Crippen LogP contribution >= 0.6 is 0 Å². The third kappa shape index (κ3) is 1.36. The van der Waals surface area contributed by atoms with Gasteiger partial charge in [0, 0.05) is 29.8 Å². The molecule has 0 spiro atoms. The molecule has 0 unspecified atom stereocenters. The first-order chi connectivity index (χ1) is 7.88. The maximum Gasteiger partial charge on any atom is 0.119 e. The van der Waals surface area contributed by atoms with Crippen molar-refractivity contribution in [3.8, 4) is 5.75 Å². The van der Waals surface area contributed by atoms with Crippen molar-refractivity contribution in [1.29, 1.82) is 0 Å². The smallest absolute Gasteiger partial charge is 0.119 e. The second-order valence-electron chi connectivity index (χ2n) is 3.95. The van der Waals surface area contributed by atoms with Crippen molar-refractivity contribution in [2.24, 2.45) is 0 Å². The van der Waals surface area contributed by atoms with Crippen LogP contribution in [0, 0.1) is 0 Å². The zero-order valence-electron chi connectivity index (χ0n) is 9.23. The maximum absolute atomic E-state index is 5.26. The molecule has 0 saturated heterocycles. The largest absolute Gasteiger partial charge is 0.497 e. The number of rotatable bonds is 2. The van der Waals surface area contributed by atoms with Crippen molar-refractivity contribution < 1.29 is 4.74 Å². The predicted octanol–water partition coefficient (Wildman–Crippen LogP) is 2.90. The van der Waals surface area contributed by atoms with Crippen molar-refractivity contribution in [3.05, 3.63) is 36.7 Å². The highest BCUT2D eigenvalue weighted by atomic mass is 16.5. The van der Waals surface area contributed by atoms with Crippen molar-refractivity contribution in [3.63, 3.8) is 0 Å². The number of ether oxygens (including phenoxy) is 1. The number of aromatic amines is 1. The number of fused-ring (bicyclic) bond motifs is 1. The Morgan fingerprint density at radius 2 is 2.31 bits per heavy atom. The highest BCUT2D eigenvalue weighted by molar-refractivity contribution is 5.94. The zero-order chi connectivity index (χ0) is 11.0. The molecule has 3 heteroatoms. The Balaban J connectivity index is 2.13. The van der Waals surface area contributed by atoms with E-state index in [1.807, 2.05) is 6.07 Å². The number of hydrogen-bond donors (Lipinski definition) is 1. The van der Waals surface area contributed by atoms with Crippen LogP contribution in [0.2, 0.25) is 0 Å². The van der Waals surface area contributed by atoms with Crippen LogP contribution in [-0.2, 0) is 0 Å². The molecule has 0 amide bonds. The average molecular weight is 214 g/mol. The number of anilines is 1. The van der Waals surface area contributed by atoms with Gasteiger partial charge in [-0.05, 0) is 24.6 Å². The summed E-state index contributed by atoms with van der Waals surface area (Å²) in [4.78, 5) is 5.55. The first kappa shape index (κ1) is 9.33. The molecule has 2 aromatic rings. The van der Waals surface area contributed by atoms with Crippen LogP contribution < -0.4 is 9.64 Å². The molecule has 1 aromatic heterocycles. The number of H-pyrrole nitrogens is 1. The molecule has 3 nitrogen and oxygen atoms in total. The van der Waals surface area contributed by atoms with Gasteiger partial charge in [-0.3, -0.25) is 0 Å². The van der Waals surface area contributed by atoms with Gasteiger partial charge in [0.1, 0.15) is 5.75 Å². The van der Waals surface area contributed by atoms with Gasteiger partial charge < -0.3 is 14.6 Å². The van der Waals surface area contributed by atoms with E-state index in [0.29, 0.717) is 0 Å². The van der Waals surface area contributed by atoms with E-state index in [-0.39, 0.29) is 0 Å². The minimum absolute atomic E-state index is 0.900. The summed E-state index contributed by atoms with van der Waals surface area (Å²) in [5.74, 6) is 0.900. The maximum atomic E-state index is 5.26. The Labute approximate surface area is 94.3 Å². The molecule has 0 bridgehead atoms. The fourth-order valence-electron chi connectivity index (χ4n) is 2.14. The third-order valence-electron chi connectivity index (χ3n) is 3.00. The summed E-state index contributed by atoms with van der Waals surface area (Å²) in [7, 11) is 1.70. The fraction of sp³-hybridized carbons (Fsp3) is 0.231. The number of aromatic nitrogens is 1. The topological polar surface area (TPSA) is 28.3 Å². The van der Waals surface area contributed by atoms with Gasteiger partial charge in [0.15, 0.2) is 0 Å². The van der Waals surface area contributed by atoms with Crippen molar-refractivity contribution >= 4 is 16.6 Å². The molecule has 1 N–H and O–H groups in total. The third-order valence-corrected chi connectivity index (χ3v) is 3.00. The number of benzene rings is 1. The summed E-state index contributed by atoms with van der Waals surface area (Å²) in [6.45, 7) is 1.06. The lowest BCUT2D eigenvalue weighted by molar-refractivity contribution is 0.415. The molecule has 1 aliphatic heterocycles. The van der Waals surface area contributed by atoms with Crippen LogP contribution in [0.1, 0.15) is 6.42 Å². The number of hydrogen-bond acceptors (Lipinski definition) is 2. The Hall–Kier alpha value is -1.90. The molecular formula is C13H14N2O. The van der Waals surface area contributed by atoms with Gasteiger partial charge in [0.2, 0.25) is 0 Å². The van der Waals surface area contributed by atoms with Crippen molar-refractivity contribution in [2.75, 3.05) is 18.6 Å². The van der Waals surface area contributed by atoms with Crippen molar-refractivity contribution in [1.82, 2.24) is 4.98 Å². The van der Waals surface area contributed by atoms with Gasteiger partial charge >= 0.3 is 0 Å². The van der Waals surface area contributed by atoms with Gasteiger partial charge in [-0.25, -0.2) is 0 Å². The molecular weight excluding hydrogens is 200 g/mol. The molecule has 2 heterocycles. The molecule has 82 valence electrons. The quantitative estimate of drug-likeness (QED) is 0.832. The normalized spacial score (nSPS) is 14.9. The van der Waals surface area contributed by atoms with Gasteiger partial charge in [-0.1, -0.05) is 6.08 Å². The van der Waals surface area contributed by atoms with E-state index in [1.54, 1.807) is 7.11 Å². The van der Waals surface area contributed by atoms with E-state index < -0.39 is 0 Å². The highest BCUT2D eigenvalue weighted by Crippen LogP contribution is 2.31. The van der Waals surface area contributed by atoms with E-state index in [1.165, 1.54) is 11.1 Å². The monoisotopic (exact) mass is 214 g/mol. The molecule has 0 saturated carbocycles. The lowest BCUT2D eigenvalue weighted by Crippen LogP contribution is -2.11. The van der Waals surface area contributed by atoms with Crippen LogP contribution in [0.4, 0.5) is 5.69 Å². The van der Waals surface area contributed by atoms with Gasteiger partial charge in [-0.15, -0.1) is 0 Å². The van der Waals surface area contributed by atoms with Crippen LogP contribution in [0.25, 0.3) is 10.9 Å². The summed E-state index contributed by atoms with van der Waals surface area (Å²) >= 11 is 0. The molecule has 0 fully saturated rings. The number of nitrogens with zero attached hydrogens (tertiary/aromatic N) is 1. The summed E-state index contributed by atoms with van der Waals surface area (Å²) in [5, 5.41) is 1.21. The van der Waals surface area contributed by atoms with Crippen molar-refractivity contribution in [2.45, 2.75) is 6.42 Å². The second kappa shape index (κ2) is 3.59. The number of methoxy groups -OCH3 is 1. The second-order valence-corrected chi connectivity index (χ2v) is 3.95. The standard InChI is InChI=1S/C13H14N2O/c1-16-10-4-5-12-11(8-10)13(9-14-12)15-6-2-3-7-15/h2,4-6,8-9,14H,3,7H2,1H3. The Morgan fingerprint density at radius 3 is 3.06 bits per heavy atom. The highest BCUT2D eigenvalue weighted by Gasteiger charge is 2.12. The average Bonchev–Trinajstić information content (AvgIpc) is 2.96. The van der Waals surface area contributed by atoms with E-state index >= 15 is 0 Å². The Bertz CT molecular complexity index is 542. The first-order valence-corrected chi connectivity index (χ1v) is 5.47. The first-order valence-electron chi connectivity index (χ1n) is 5.47. The molecule has 1 aliphatic rings. The summed E-state index contributed by atoms with van der Waals surface area (Å²) in [6.07, 6.45) is 7.51. The molecule has 3 rings (SSSR count).